The van der Waals surface area contributed by atoms with Crippen LogP contribution in [0.3, 0.4) is 0 Å². The van der Waals surface area contributed by atoms with Crippen molar-refractivity contribution in [3.8, 4) is 17.2 Å². The zero-order valence-corrected chi connectivity index (χ0v) is 10.4. The van der Waals surface area contributed by atoms with E-state index in [0.717, 1.165) is 6.07 Å². The fourth-order valence-electron chi connectivity index (χ4n) is 1.65. The van der Waals surface area contributed by atoms with Crippen molar-refractivity contribution in [2.24, 2.45) is 0 Å². The molecule has 19 heavy (non-hydrogen) atoms. The lowest BCUT2D eigenvalue weighted by molar-refractivity contribution is 0.112. The minimum atomic E-state index is -0.520. The predicted octanol–water partition coefficient (Wildman–Crippen LogP) is 3.83. The molecule has 2 aromatic carbocycles. The quantitative estimate of drug-likeness (QED) is 0.766. The van der Waals surface area contributed by atoms with Gasteiger partial charge in [-0.2, -0.15) is 0 Å². The first-order valence-corrected chi connectivity index (χ1v) is 5.88. The largest absolute Gasteiger partial charge is 0.490 e. The van der Waals surface area contributed by atoms with Crippen molar-refractivity contribution < 1.29 is 18.7 Å². The molecule has 0 aromatic heterocycles. The lowest BCUT2D eigenvalue weighted by Gasteiger charge is -2.11. The molecule has 98 valence electrons. The monoisotopic (exact) mass is 260 g/mol. The number of para-hydroxylation sites is 2. The van der Waals surface area contributed by atoms with Gasteiger partial charge in [-0.15, -0.1) is 0 Å². The van der Waals surface area contributed by atoms with Crippen LogP contribution in [0.4, 0.5) is 4.39 Å². The molecule has 0 radical (unpaired) electrons. The van der Waals surface area contributed by atoms with Crippen molar-refractivity contribution in [2.75, 3.05) is 6.61 Å². The highest BCUT2D eigenvalue weighted by Gasteiger charge is 2.07. The van der Waals surface area contributed by atoms with Crippen LogP contribution in [-0.2, 0) is 0 Å². The Kier molecular flexibility index (Phi) is 4.13. The number of carbonyl (C=O) groups is 1. The molecule has 0 N–H and O–H groups in total. The number of benzene rings is 2. The Bertz CT molecular complexity index is 581. The van der Waals surface area contributed by atoms with Crippen molar-refractivity contribution >= 4 is 6.29 Å². The highest BCUT2D eigenvalue weighted by Crippen LogP contribution is 2.31. The van der Waals surface area contributed by atoms with Crippen LogP contribution in [0.5, 0.6) is 17.2 Å². The summed E-state index contributed by atoms with van der Waals surface area (Å²) >= 11 is 0. The van der Waals surface area contributed by atoms with Crippen LogP contribution in [0.2, 0.25) is 0 Å². The van der Waals surface area contributed by atoms with Crippen LogP contribution in [-0.4, -0.2) is 12.9 Å². The van der Waals surface area contributed by atoms with Crippen LogP contribution >= 0.6 is 0 Å². The third kappa shape index (κ3) is 3.31. The molecule has 0 aliphatic heterocycles. The SMILES string of the molecule is CCOc1ccccc1Oc1cc(F)cc(C=O)c1. The molecule has 4 heteroatoms. The lowest BCUT2D eigenvalue weighted by atomic mass is 10.2. The van der Waals surface area contributed by atoms with E-state index in [4.69, 9.17) is 9.47 Å². The molecule has 0 fully saturated rings. The van der Waals surface area contributed by atoms with Gasteiger partial charge >= 0.3 is 0 Å². The molecular weight excluding hydrogens is 247 g/mol. The maximum atomic E-state index is 13.3. The number of hydrogen-bond donors (Lipinski definition) is 0. The van der Waals surface area contributed by atoms with E-state index < -0.39 is 5.82 Å². The maximum absolute atomic E-state index is 13.3. The second-order valence-electron chi connectivity index (χ2n) is 3.82. The molecule has 0 saturated carbocycles. The molecule has 0 aliphatic carbocycles. The highest BCUT2D eigenvalue weighted by atomic mass is 19.1. The fraction of sp³-hybridized carbons (Fsp3) is 0.133. The summed E-state index contributed by atoms with van der Waals surface area (Å²) in [5.41, 5.74) is 0.226. The Labute approximate surface area is 110 Å². The first kappa shape index (κ1) is 13.1. The van der Waals surface area contributed by atoms with Crippen LogP contribution in [0.1, 0.15) is 17.3 Å². The maximum Gasteiger partial charge on any atom is 0.169 e. The Hall–Kier alpha value is -2.36. The van der Waals surface area contributed by atoms with E-state index in [9.17, 15) is 9.18 Å². The van der Waals surface area contributed by atoms with Gasteiger partial charge in [-0.05, 0) is 31.2 Å². The van der Waals surface area contributed by atoms with Crippen LogP contribution < -0.4 is 9.47 Å². The van der Waals surface area contributed by atoms with Gasteiger partial charge < -0.3 is 9.47 Å². The highest BCUT2D eigenvalue weighted by molar-refractivity contribution is 5.75. The van der Waals surface area contributed by atoms with Crippen molar-refractivity contribution in [3.63, 3.8) is 0 Å². The fourth-order valence-corrected chi connectivity index (χ4v) is 1.65. The Morgan fingerprint density at radius 3 is 2.58 bits per heavy atom. The van der Waals surface area contributed by atoms with Gasteiger partial charge in [0.15, 0.2) is 11.5 Å². The molecule has 0 unspecified atom stereocenters. The second kappa shape index (κ2) is 6.00. The van der Waals surface area contributed by atoms with E-state index in [0.29, 0.717) is 24.4 Å². The van der Waals surface area contributed by atoms with E-state index in [1.165, 1.54) is 12.1 Å². The summed E-state index contributed by atoms with van der Waals surface area (Å²) in [6.45, 7) is 2.37. The Morgan fingerprint density at radius 1 is 1.16 bits per heavy atom. The molecule has 3 nitrogen and oxygen atoms in total. The summed E-state index contributed by atoms with van der Waals surface area (Å²) in [4.78, 5) is 10.7. The molecule has 0 heterocycles. The zero-order valence-electron chi connectivity index (χ0n) is 10.4. The number of aldehydes is 1. The van der Waals surface area contributed by atoms with Crippen molar-refractivity contribution in [2.45, 2.75) is 6.92 Å². The van der Waals surface area contributed by atoms with E-state index in [1.54, 1.807) is 18.2 Å². The summed E-state index contributed by atoms with van der Waals surface area (Å²) in [5, 5.41) is 0. The molecule has 0 saturated heterocycles. The number of rotatable bonds is 5. The van der Waals surface area contributed by atoms with Gasteiger partial charge in [-0.1, -0.05) is 12.1 Å². The molecule has 0 aliphatic rings. The second-order valence-corrected chi connectivity index (χ2v) is 3.82. The number of hydrogen-bond acceptors (Lipinski definition) is 3. The molecule has 0 atom stereocenters. The summed E-state index contributed by atoms with van der Waals surface area (Å²) < 4.78 is 24.3. The van der Waals surface area contributed by atoms with Crippen molar-refractivity contribution in [1.82, 2.24) is 0 Å². The smallest absolute Gasteiger partial charge is 0.169 e. The van der Waals surface area contributed by atoms with Gasteiger partial charge in [0.1, 0.15) is 17.9 Å². The molecule has 2 aromatic rings. The van der Waals surface area contributed by atoms with Gasteiger partial charge in [0.05, 0.1) is 6.61 Å². The third-order valence-electron chi connectivity index (χ3n) is 2.41. The van der Waals surface area contributed by atoms with Crippen LogP contribution in [0, 0.1) is 5.82 Å². The van der Waals surface area contributed by atoms with Crippen LogP contribution in [0.15, 0.2) is 42.5 Å². The van der Waals surface area contributed by atoms with Crippen molar-refractivity contribution in [3.05, 3.63) is 53.8 Å². The average molecular weight is 260 g/mol. The number of ether oxygens (including phenoxy) is 2. The van der Waals surface area contributed by atoms with Gasteiger partial charge in [0.2, 0.25) is 0 Å². The van der Waals surface area contributed by atoms with Gasteiger partial charge in [-0.3, -0.25) is 4.79 Å². The molecule has 2 rings (SSSR count). The van der Waals surface area contributed by atoms with E-state index in [-0.39, 0.29) is 11.3 Å². The van der Waals surface area contributed by atoms with Gasteiger partial charge in [0.25, 0.3) is 0 Å². The zero-order chi connectivity index (χ0) is 13.7. The van der Waals surface area contributed by atoms with Gasteiger partial charge in [-0.25, -0.2) is 4.39 Å². The molecule has 0 bridgehead atoms. The summed E-state index contributed by atoms with van der Waals surface area (Å²) in [6.07, 6.45) is 0.574. The summed E-state index contributed by atoms with van der Waals surface area (Å²) in [7, 11) is 0. The minimum absolute atomic E-state index is 0.226. The normalized spacial score (nSPS) is 10.0. The minimum Gasteiger partial charge on any atom is -0.490 e. The molecular formula is C15H13FO3. The summed E-state index contributed by atoms with van der Waals surface area (Å²) in [6, 6.07) is 10.9. The number of carbonyl (C=O) groups excluding carboxylic acids is 1. The first-order chi connectivity index (χ1) is 9.22. The predicted molar refractivity (Wildman–Crippen MR) is 69.5 cm³/mol. The van der Waals surface area contributed by atoms with E-state index in [2.05, 4.69) is 0 Å². The van der Waals surface area contributed by atoms with E-state index >= 15 is 0 Å². The average Bonchev–Trinajstić information content (AvgIpc) is 2.40. The third-order valence-corrected chi connectivity index (χ3v) is 2.41. The lowest BCUT2D eigenvalue weighted by Crippen LogP contribution is -1.95. The van der Waals surface area contributed by atoms with Crippen molar-refractivity contribution in [1.29, 1.82) is 0 Å². The Balaban J connectivity index is 2.30. The molecule has 0 amide bonds. The molecule has 0 spiro atoms. The number of halogens is 1. The summed E-state index contributed by atoms with van der Waals surface area (Å²) in [5.74, 6) is 0.788. The van der Waals surface area contributed by atoms with Crippen LogP contribution in [0.25, 0.3) is 0 Å². The van der Waals surface area contributed by atoms with Gasteiger partial charge in [0, 0.05) is 11.6 Å². The van der Waals surface area contributed by atoms with E-state index in [1.807, 2.05) is 13.0 Å². The topological polar surface area (TPSA) is 35.5 Å². The standard InChI is InChI=1S/C15H13FO3/c1-2-18-14-5-3-4-6-15(14)19-13-8-11(10-17)7-12(16)9-13/h3-10H,2H2,1H3. The first-order valence-electron chi connectivity index (χ1n) is 5.88. The Morgan fingerprint density at radius 2 is 1.89 bits per heavy atom.